The zero-order valence-corrected chi connectivity index (χ0v) is 10.4. The first-order chi connectivity index (χ1) is 7.17. The molecule has 2 rings (SSSR count). The Morgan fingerprint density at radius 3 is 2.80 bits per heavy atom. The molecule has 0 saturated heterocycles. The van der Waals surface area contributed by atoms with Crippen LogP contribution in [0.3, 0.4) is 0 Å². The lowest BCUT2D eigenvalue weighted by Gasteiger charge is -2.03. The van der Waals surface area contributed by atoms with E-state index in [0.29, 0.717) is 12.1 Å². The third-order valence-corrected chi connectivity index (χ3v) is 4.12. The van der Waals surface area contributed by atoms with Crippen molar-refractivity contribution < 1.29 is 0 Å². The molecule has 0 aromatic carbocycles. The molecule has 0 aliphatic carbocycles. The number of hydrogen-bond acceptors (Lipinski definition) is 5. The SMILES string of the molecule is CCn1c(C)nc2sc(SC)nc2c1=O. The molecule has 0 aliphatic heterocycles. The maximum Gasteiger partial charge on any atom is 0.280 e. The summed E-state index contributed by atoms with van der Waals surface area (Å²) < 4.78 is 2.54. The number of nitrogens with zero attached hydrogens (tertiary/aromatic N) is 3. The Hall–Kier alpha value is -0.880. The summed E-state index contributed by atoms with van der Waals surface area (Å²) in [4.78, 5) is 21.4. The van der Waals surface area contributed by atoms with Gasteiger partial charge in [0.15, 0.2) is 14.7 Å². The first-order valence-electron chi connectivity index (χ1n) is 4.59. The number of thiazole rings is 1. The van der Waals surface area contributed by atoms with Gasteiger partial charge in [-0.15, -0.1) is 0 Å². The Bertz CT molecular complexity index is 558. The predicted molar refractivity (Wildman–Crippen MR) is 63.9 cm³/mol. The fourth-order valence-electron chi connectivity index (χ4n) is 1.45. The summed E-state index contributed by atoms with van der Waals surface area (Å²) in [5, 5.41) is 0. The summed E-state index contributed by atoms with van der Waals surface area (Å²) in [6, 6.07) is 0. The second-order valence-electron chi connectivity index (χ2n) is 3.05. The van der Waals surface area contributed by atoms with Crippen LogP contribution in [-0.2, 0) is 6.54 Å². The van der Waals surface area contributed by atoms with Crippen LogP contribution in [0, 0.1) is 6.92 Å². The first kappa shape index (κ1) is 10.6. The average molecular weight is 241 g/mol. The number of fused-ring (bicyclic) bond motifs is 1. The fraction of sp³-hybridized carbons (Fsp3) is 0.444. The quantitative estimate of drug-likeness (QED) is 0.753. The smallest absolute Gasteiger partial charge is 0.280 e. The van der Waals surface area contributed by atoms with Gasteiger partial charge in [0.25, 0.3) is 5.56 Å². The topological polar surface area (TPSA) is 47.8 Å². The normalized spacial score (nSPS) is 11.1. The highest BCUT2D eigenvalue weighted by atomic mass is 32.2. The molecule has 15 heavy (non-hydrogen) atoms. The summed E-state index contributed by atoms with van der Waals surface area (Å²) >= 11 is 3.01. The second kappa shape index (κ2) is 3.94. The van der Waals surface area contributed by atoms with Crippen molar-refractivity contribution in [3.05, 3.63) is 16.2 Å². The zero-order chi connectivity index (χ0) is 11.0. The summed E-state index contributed by atoms with van der Waals surface area (Å²) in [7, 11) is 0. The van der Waals surface area contributed by atoms with Crippen molar-refractivity contribution in [3.8, 4) is 0 Å². The minimum absolute atomic E-state index is 0.0310. The van der Waals surface area contributed by atoms with E-state index in [-0.39, 0.29) is 5.56 Å². The van der Waals surface area contributed by atoms with Crippen LogP contribution < -0.4 is 5.56 Å². The van der Waals surface area contributed by atoms with Gasteiger partial charge in [0, 0.05) is 6.54 Å². The molecule has 0 amide bonds. The monoisotopic (exact) mass is 241 g/mol. The molecule has 4 nitrogen and oxygen atoms in total. The minimum atomic E-state index is -0.0310. The summed E-state index contributed by atoms with van der Waals surface area (Å²) in [6.45, 7) is 4.42. The van der Waals surface area contributed by atoms with Crippen LogP contribution >= 0.6 is 23.1 Å². The molecule has 0 unspecified atom stereocenters. The van der Waals surface area contributed by atoms with Crippen molar-refractivity contribution >= 4 is 33.4 Å². The standard InChI is InChI=1S/C9H11N3OS2/c1-4-12-5(2)10-7-6(8(12)13)11-9(14-3)15-7/h4H2,1-3H3. The third-order valence-electron chi connectivity index (χ3n) is 2.18. The van der Waals surface area contributed by atoms with E-state index < -0.39 is 0 Å². The second-order valence-corrected chi connectivity index (χ2v) is 5.08. The Morgan fingerprint density at radius 2 is 2.20 bits per heavy atom. The molecule has 2 aromatic heterocycles. The van der Waals surface area contributed by atoms with Gasteiger partial charge in [-0.3, -0.25) is 9.36 Å². The number of aromatic nitrogens is 3. The van der Waals surface area contributed by atoms with Crippen LogP contribution in [0.4, 0.5) is 0 Å². The Labute approximate surface area is 95.4 Å². The average Bonchev–Trinajstić information content (AvgIpc) is 2.61. The van der Waals surface area contributed by atoms with Gasteiger partial charge >= 0.3 is 0 Å². The molecule has 2 heterocycles. The first-order valence-corrected chi connectivity index (χ1v) is 6.63. The molecule has 0 aliphatic rings. The van der Waals surface area contributed by atoms with Crippen molar-refractivity contribution in [2.75, 3.05) is 6.26 Å². The van der Waals surface area contributed by atoms with E-state index in [1.165, 1.54) is 11.3 Å². The van der Waals surface area contributed by atoms with Crippen molar-refractivity contribution in [3.63, 3.8) is 0 Å². The number of thioether (sulfide) groups is 1. The molecular formula is C9H11N3OS2. The fourth-order valence-corrected chi connectivity index (χ4v) is 2.91. The molecule has 0 saturated carbocycles. The lowest BCUT2D eigenvalue weighted by Crippen LogP contribution is -2.22. The molecule has 6 heteroatoms. The Morgan fingerprint density at radius 1 is 1.47 bits per heavy atom. The van der Waals surface area contributed by atoms with E-state index in [1.54, 1.807) is 16.3 Å². The largest absolute Gasteiger partial charge is 0.295 e. The van der Waals surface area contributed by atoms with Crippen LogP contribution in [0.2, 0.25) is 0 Å². The molecule has 0 N–H and O–H groups in total. The zero-order valence-electron chi connectivity index (χ0n) is 8.77. The number of hydrogen-bond donors (Lipinski definition) is 0. The van der Waals surface area contributed by atoms with Crippen molar-refractivity contribution in [2.24, 2.45) is 0 Å². The summed E-state index contributed by atoms with van der Waals surface area (Å²) in [6.07, 6.45) is 1.95. The van der Waals surface area contributed by atoms with E-state index in [2.05, 4.69) is 9.97 Å². The molecule has 80 valence electrons. The van der Waals surface area contributed by atoms with Crippen LogP contribution in [0.25, 0.3) is 10.3 Å². The summed E-state index contributed by atoms with van der Waals surface area (Å²) in [5.74, 6) is 0.756. The van der Waals surface area contributed by atoms with Crippen LogP contribution in [0.1, 0.15) is 12.7 Å². The van der Waals surface area contributed by atoms with E-state index in [9.17, 15) is 4.79 Å². The van der Waals surface area contributed by atoms with Gasteiger partial charge in [0.2, 0.25) is 0 Å². The highest BCUT2D eigenvalue weighted by Crippen LogP contribution is 2.24. The van der Waals surface area contributed by atoms with Gasteiger partial charge in [-0.05, 0) is 20.1 Å². The van der Waals surface area contributed by atoms with Crippen LogP contribution in [0.5, 0.6) is 0 Å². The highest BCUT2D eigenvalue weighted by molar-refractivity contribution is 8.00. The molecule has 2 aromatic rings. The lowest BCUT2D eigenvalue weighted by atomic mass is 10.5. The van der Waals surface area contributed by atoms with Crippen LogP contribution in [-0.4, -0.2) is 20.8 Å². The summed E-state index contributed by atoms with van der Waals surface area (Å²) in [5.41, 5.74) is 0.466. The number of rotatable bonds is 2. The minimum Gasteiger partial charge on any atom is -0.295 e. The molecule has 0 radical (unpaired) electrons. The molecule has 0 spiro atoms. The van der Waals surface area contributed by atoms with E-state index in [4.69, 9.17) is 0 Å². The van der Waals surface area contributed by atoms with Gasteiger partial charge in [-0.2, -0.15) is 0 Å². The van der Waals surface area contributed by atoms with Gasteiger partial charge in [0.05, 0.1) is 0 Å². The van der Waals surface area contributed by atoms with Crippen molar-refractivity contribution in [1.82, 2.24) is 14.5 Å². The van der Waals surface area contributed by atoms with Gasteiger partial charge in [-0.25, -0.2) is 9.97 Å². The van der Waals surface area contributed by atoms with E-state index in [0.717, 1.165) is 15.0 Å². The van der Waals surface area contributed by atoms with Crippen LogP contribution in [0.15, 0.2) is 9.13 Å². The van der Waals surface area contributed by atoms with E-state index >= 15 is 0 Å². The van der Waals surface area contributed by atoms with Gasteiger partial charge in [-0.1, -0.05) is 23.1 Å². The third kappa shape index (κ3) is 1.68. The predicted octanol–water partition coefficient (Wildman–Crippen LogP) is 1.90. The number of aryl methyl sites for hydroxylation is 1. The Kier molecular flexibility index (Phi) is 2.79. The van der Waals surface area contributed by atoms with Crippen molar-refractivity contribution in [1.29, 1.82) is 0 Å². The Balaban J connectivity index is 2.82. The van der Waals surface area contributed by atoms with Crippen molar-refractivity contribution in [2.45, 2.75) is 24.7 Å². The van der Waals surface area contributed by atoms with Gasteiger partial charge in [0.1, 0.15) is 5.82 Å². The van der Waals surface area contributed by atoms with E-state index in [1.807, 2.05) is 20.1 Å². The highest BCUT2D eigenvalue weighted by Gasteiger charge is 2.11. The lowest BCUT2D eigenvalue weighted by molar-refractivity contribution is 0.685. The van der Waals surface area contributed by atoms with Gasteiger partial charge < -0.3 is 0 Å². The molecule has 0 atom stereocenters. The maximum atomic E-state index is 12.0. The molecule has 0 bridgehead atoms. The maximum absolute atomic E-state index is 12.0. The molecular weight excluding hydrogens is 230 g/mol. The molecule has 0 fully saturated rings.